The Labute approximate surface area is 108 Å². The molecule has 2 N–H and O–H groups in total. The first-order valence-corrected chi connectivity index (χ1v) is 7.93. The number of thioether (sulfide) groups is 1. The number of nitrogens with one attached hydrogen (secondary N) is 1. The lowest BCUT2D eigenvalue weighted by atomic mass is 9.97. The van der Waals surface area contributed by atoms with E-state index in [1.807, 2.05) is 11.8 Å². The minimum atomic E-state index is 0.201. The first-order chi connectivity index (χ1) is 8.29. The fourth-order valence-electron chi connectivity index (χ4n) is 2.92. The molecule has 4 heteroatoms. The predicted molar refractivity (Wildman–Crippen MR) is 71.0 cm³/mol. The number of amides is 1. The molecule has 1 heterocycles. The van der Waals surface area contributed by atoms with Gasteiger partial charge < -0.3 is 10.4 Å². The van der Waals surface area contributed by atoms with E-state index < -0.39 is 0 Å². The molecule has 2 rings (SSSR count). The standard InChI is InChI=1S/C13H23NO2S/c15-9-11-2-1-3-12(11)14-13(16)8-10-4-6-17-7-5-10/h10-12,15H,1-9H2,(H,14,16). The van der Waals surface area contributed by atoms with Crippen molar-refractivity contribution in [3.8, 4) is 0 Å². The van der Waals surface area contributed by atoms with E-state index in [1.54, 1.807) is 0 Å². The third kappa shape index (κ3) is 3.88. The lowest BCUT2D eigenvalue weighted by Gasteiger charge is -2.23. The number of hydrogen-bond acceptors (Lipinski definition) is 3. The average molecular weight is 257 g/mol. The summed E-state index contributed by atoms with van der Waals surface area (Å²) in [5, 5.41) is 12.3. The smallest absolute Gasteiger partial charge is 0.220 e. The Balaban J connectivity index is 1.72. The van der Waals surface area contributed by atoms with Gasteiger partial charge in [-0.25, -0.2) is 0 Å². The lowest BCUT2D eigenvalue weighted by Crippen LogP contribution is -2.39. The number of carbonyl (C=O) groups is 1. The van der Waals surface area contributed by atoms with E-state index in [1.165, 1.54) is 24.3 Å². The van der Waals surface area contributed by atoms with Crippen LogP contribution in [0, 0.1) is 11.8 Å². The molecular weight excluding hydrogens is 234 g/mol. The molecule has 98 valence electrons. The summed E-state index contributed by atoms with van der Waals surface area (Å²) < 4.78 is 0. The number of rotatable bonds is 4. The van der Waals surface area contributed by atoms with E-state index >= 15 is 0 Å². The summed E-state index contributed by atoms with van der Waals surface area (Å²) in [6.07, 6.45) is 6.29. The van der Waals surface area contributed by atoms with Crippen LogP contribution in [0.3, 0.4) is 0 Å². The molecule has 0 spiro atoms. The number of aliphatic hydroxyl groups is 1. The Morgan fingerprint density at radius 1 is 1.24 bits per heavy atom. The van der Waals surface area contributed by atoms with E-state index in [-0.39, 0.29) is 18.6 Å². The average Bonchev–Trinajstić information content (AvgIpc) is 2.77. The summed E-state index contributed by atoms with van der Waals surface area (Å²) in [6, 6.07) is 0.227. The van der Waals surface area contributed by atoms with Crippen molar-refractivity contribution in [2.75, 3.05) is 18.1 Å². The van der Waals surface area contributed by atoms with Gasteiger partial charge in [0, 0.05) is 25.0 Å². The monoisotopic (exact) mass is 257 g/mol. The van der Waals surface area contributed by atoms with Gasteiger partial charge in [0.05, 0.1) is 0 Å². The molecule has 1 saturated heterocycles. The van der Waals surface area contributed by atoms with Gasteiger partial charge in [0.15, 0.2) is 0 Å². The normalized spacial score (nSPS) is 30.4. The van der Waals surface area contributed by atoms with Gasteiger partial charge >= 0.3 is 0 Å². The van der Waals surface area contributed by atoms with Gasteiger partial charge in [0.2, 0.25) is 5.91 Å². The summed E-state index contributed by atoms with van der Waals surface area (Å²) in [5.74, 6) is 3.50. The first kappa shape index (κ1) is 13.2. The summed E-state index contributed by atoms with van der Waals surface area (Å²) in [5.41, 5.74) is 0. The second kappa shape index (κ2) is 6.64. The van der Waals surface area contributed by atoms with Gasteiger partial charge in [-0.1, -0.05) is 6.42 Å². The van der Waals surface area contributed by atoms with Crippen LogP contribution in [0.2, 0.25) is 0 Å². The maximum absolute atomic E-state index is 11.9. The number of hydrogen-bond donors (Lipinski definition) is 2. The summed E-state index contributed by atoms with van der Waals surface area (Å²) in [7, 11) is 0. The molecule has 1 saturated carbocycles. The van der Waals surface area contributed by atoms with Crippen molar-refractivity contribution in [1.82, 2.24) is 5.32 Å². The third-order valence-corrected chi connectivity index (χ3v) is 5.10. The molecule has 1 aliphatic heterocycles. The van der Waals surface area contributed by atoms with E-state index in [0.29, 0.717) is 18.3 Å². The molecule has 0 aromatic rings. The highest BCUT2D eigenvalue weighted by Crippen LogP contribution is 2.27. The topological polar surface area (TPSA) is 49.3 Å². The highest BCUT2D eigenvalue weighted by Gasteiger charge is 2.28. The van der Waals surface area contributed by atoms with Crippen molar-refractivity contribution in [2.24, 2.45) is 11.8 Å². The van der Waals surface area contributed by atoms with Crippen LogP contribution in [0.15, 0.2) is 0 Å². The molecule has 0 bridgehead atoms. The van der Waals surface area contributed by atoms with Gasteiger partial charge in [-0.2, -0.15) is 11.8 Å². The molecule has 0 radical (unpaired) electrons. The van der Waals surface area contributed by atoms with Crippen LogP contribution < -0.4 is 5.32 Å². The molecule has 1 aliphatic carbocycles. The predicted octanol–water partition coefficient (Wildman–Crippen LogP) is 1.80. The lowest BCUT2D eigenvalue weighted by molar-refractivity contribution is -0.123. The molecule has 2 atom stereocenters. The third-order valence-electron chi connectivity index (χ3n) is 4.05. The van der Waals surface area contributed by atoms with E-state index in [9.17, 15) is 9.90 Å². The molecule has 17 heavy (non-hydrogen) atoms. The van der Waals surface area contributed by atoms with Gasteiger partial charge in [-0.3, -0.25) is 4.79 Å². The molecule has 2 fully saturated rings. The van der Waals surface area contributed by atoms with Crippen molar-refractivity contribution >= 4 is 17.7 Å². The highest BCUT2D eigenvalue weighted by molar-refractivity contribution is 7.99. The molecule has 2 unspecified atom stereocenters. The van der Waals surface area contributed by atoms with Gasteiger partial charge in [-0.05, 0) is 43.1 Å². The van der Waals surface area contributed by atoms with Gasteiger partial charge in [0.1, 0.15) is 0 Å². The first-order valence-electron chi connectivity index (χ1n) is 6.77. The van der Waals surface area contributed by atoms with Crippen LogP contribution in [-0.4, -0.2) is 35.2 Å². The maximum Gasteiger partial charge on any atom is 0.220 e. The molecular formula is C13H23NO2S. The molecule has 1 amide bonds. The van der Waals surface area contributed by atoms with Gasteiger partial charge in [0.25, 0.3) is 0 Å². The van der Waals surface area contributed by atoms with Crippen LogP contribution in [0.4, 0.5) is 0 Å². The Morgan fingerprint density at radius 2 is 2.00 bits per heavy atom. The quantitative estimate of drug-likeness (QED) is 0.807. The zero-order chi connectivity index (χ0) is 12.1. The van der Waals surface area contributed by atoms with Crippen LogP contribution >= 0.6 is 11.8 Å². The summed E-state index contributed by atoms with van der Waals surface area (Å²) in [6.45, 7) is 0.213. The molecule has 0 aromatic heterocycles. The Morgan fingerprint density at radius 3 is 2.71 bits per heavy atom. The Hall–Kier alpha value is -0.220. The fraction of sp³-hybridized carbons (Fsp3) is 0.923. The molecule has 3 nitrogen and oxygen atoms in total. The van der Waals surface area contributed by atoms with Crippen LogP contribution in [0.25, 0.3) is 0 Å². The summed E-state index contributed by atoms with van der Waals surface area (Å²) in [4.78, 5) is 11.9. The van der Waals surface area contributed by atoms with Gasteiger partial charge in [-0.15, -0.1) is 0 Å². The Kier molecular flexibility index (Phi) is 5.16. The summed E-state index contributed by atoms with van der Waals surface area (Å²) >= 11 is 2.00. The number of carbonyl (C=O) groups excluding carboxylic acids is 1. The van der Waals surface area contributed by atoms with Crippen molar-refractivity contribution in [1.29, 1.82) is 0 Å². The van der Waals surface area contributed by atoms with E-state index in [4.69, 9.17) is 0 Å². The second-order valence-electron chi connectivity index (χ2n) is 5.31. The zero-order valence-electron chi connectivity index (χ0n) is 10.4. The Bertz CT molecular complexity index is 254. The van der Waals surface area contributed by atoms with Crippen LogP contribution in [-0.2, 0) is 4.79 Å². The largest absolute Gasteiger partial charge is 0.396 e. The van der Waals surface area contributed by atoms with E-state index in [0.717, 1.165) is 19.3 Å². The maximum atomic E-state index is 11.9. The zero-order valence-corrected chi connectivity index (χ0v) is 11.2. The molecule has 0 aromatic carbocycles. The van der Waals surface area contributed by atoms with Crippen molar-refractivity contribution in [3.63, 3.8) is 0 Å². The SMILES string of the molecule is O=C(CC1CCSCC1)NC1CCCC1CO. The second-order valence-corrected chi connectivity index (χ2v) is 6.53. The van der Waals surface area contributed by atoms with Crippen LogP contribution in [0.1, 0.15) is 38.5 Å². The van der Waals surface area contributed by atoms with Crippen LogP contribution in [0.5, 0.6) is 0 Å². The minimum Gasteiger partial charge on any atom is -0.396 e. The fourth-order valence-corrected chi connectivity index (χ4v) is 4.13. The van der Waals surface area contributed by atoms with E-state index in [2.05, 4.69) is 5.32 Å². The van der Waals surface area contributed by atoms with Crippen molar-refractivity contribution in [2.45, 2.75) is 44.6 Å². The number of aliphatic hydroxyl groups excluding tert-OH is 1. The van der Waals surface area contributed by atoms with Crippen molar-refractivity contribution < 1.29 is 9.90 Å². The highest BCUT2D eigenvalue weighted by atomic mass is 32.2. The van der Waals surface area contributed by atoms with Crippen molar-refractivity contribution in [3.05, 3.63) is 0 Å². The molecule has 2 aliphatic rings. The minimum absolute atomic E-state index is 0.201.